The standard InChI is InChI=1S/CH3Cl.HO3P/c1-2;1-4(2)3/h1H3;(H-,1,2,3)/p+1. The monoisotopic (exact) mass is 131 g/mol. The molecule has 6 heavy (non-hydrogen) atoms. The maximum Gasteiger partial charge on any atom is 0.692 e. The Kier molecular flexibility index (Phi) is 14.4. The fourth-order valence-electron chi connectivity index (χ4n) is 0. The molecule has 0 heterocycles. The van der Waals surface area contributed by atoms with E-state index in [1.165, 1.54) is 6.38 Å². The van der Waals surface area contributed by atoms with Crippen LogP contribution in [-0.2, 0) is 4.57 Å². The van der Waals surface area contributed by atoms with Gasteiger partial charge in [0.15, 0.2) is 0 Å². The van der Waals surface area contributed by atoms with Crippen molar-refractivity contribution in [2.45, 2.75) is 0 Å². The summed E-state index contributed by atoms with van der Waals surface area (Å²) in [7, 11) is -2.87. The first-order valence-electron chi connectivity index (χ1n) is 0.961. The van der Waals surface area contributed by atoms with Crippen molar-refractivity contribution in [3.63, 3.8) is 0 Å². The van der Waals surface area contributed by atoms with Crippen molar-refractivity contribution in [2.75, 3.05) is 6.38 Å². The minimum absolute atomic E-state index is 1.47. The van der Waals surface area contributed by atoms with Crippen molar-refractivity contribution >= 4 is 19.9 Å². The first-order chi connectivity index (χ1) is 2.73. The van der Waals surface area contributed by atoms with Crippen LogP contribution in [0.5, 0.6) is 0 Å². The second-order valence-corrected chi connectivity index (χ2v) is 0.758. The summed E-state index contributed by atoms with van der Waals surface area (Å²) >= 11 is 4.64. The average molecular weight is 131 g/mol. The van der Waals surface area contributed by atoms with Crippen LogP contribution in [-0.4, -0.2) is 16.2 Å². The van der Waals surface area contributed by atoms with E-state index >= 15 is 0 Å². The zero-order valence-electron chi connectivity index (χ0n) is 3.13. The highest BCUT2D eigenvalue weighted by atomic mass is 35.5. The van der Waals surface area contributed by atoms with E-state index in [1.54, 1.807) is 0 Å². The first kappa shape index (κ1) is 9.58. The number of rotatable bonds is 0. The number of halogens is 1. The van der Waals surface area contributed by atoms with Crippen LogP contribution in [0.15, 0.2) is 0 Å². The van der Waals surface area contributed by atoms with Crippen molar-refractivity contribution in [3.8, 4) is 0 Å². The molecule has 0 atom stereocenters. The molecule has 0 aliphatic heterocycles. The molecule has 38 valence electrons. The van der Waals surface area contributed by atoms with Crippen LogP contribution in [0.3, 0.4) is 0 Å². The summed E-state index contributed by atoms with van der Waals surface area (Å²) in [4.78, 5) is 14.2. The molecule has 0 aliphatic carbocycles. The van der Waals surface area contributed by atoms with E-state index in [-0.39, 0.29) is 0 Å². The molecule has 0 radical (unpaired) electrons. The molecule has 0 saturated carbocycles. The van der Waals surface area contributed by atoms with Gasteiger partial charge in [0.25, 0.3) is 0 Å². The van der Waals surface area contributed by atoms with E-state index in [0.717, 1.165) is 0 Å². The Balaban J connectivity index is 0. The predicted octanol–water partition coefficient (Wildman–Crippen LogP) is 0.483. The number of hydrogen-bond acceptors (Lipinski definition) is 1. The topological polar surface area (TPSA) is 57.5 Å². The Morgan fingerprint density at radius 3 is 1.50 bits per heavy atom. The van der Waals surface area contributed by atoms with Crippen LogP contribution < -0.4 is 0 Å². The lowest BCUT2D eigenvalue weighted by molar-refractivity contribution is 0.405. The van der Waals surface area contributed by atoms with Crippen LogP contribution in [0, 0.1) is 0 Å². The highest BCUT2D eigenvalue weighted by Crippen LogP contribution is 1.98. The summed E-state index contributed by atoms with van der Waals surface area (Å²) in [6, 6.07) is 0. The third-order valence-corrected chi connectivity index (χ3v) is 0. The lowest BCUT2D eigenvalue weighted by Crippen LogP contribution is -1.38. The van der Waals surface area contributed by atoms with Gasteiger partial charge in [-0.3, -0.25) is 0 Å². The van der Waals surface area contributed by atoms with Crippen LogP contribution >= 0.6 is 19.9 Å². The third-order valence-electron chi connectivity index (χ3n) is 0. The molecule has 0 aromatic heterocycles. The molecule has 0 saturated heterocycles. The molecular formula is CH5ClO3P+. The molecule has 0 aromatic rings. The minimum atomic E-state index is -2.87. The quantitative estimate of drug-likeness (QED) is 0.371. The van der Waals surface area contributed by atoms with Crippen molar-refractivity contribution in [2.24, 2.45) is 0 Å². The normalized spacial score (nSPS) is 5.33. The zero-order chi connectivity index (χ0) is 5.58. The Labute approximate surface area is 41.5 Å². The number of alkyl halides is 1. The van der Waals surface area contributed by atoms with Gasteiger partial charge in [-0.2, -0.15) is 0 Å². The lowest BCUT2D eigenvalue weighted by atomic mass is 12.0. The third kappa shape index (κ3) is 491. The first-order valence-corrected chi connectivity index (χ1v) is 2.88. The molecular weight excluding hydrogens is 126 g/mol. The lowest BCUT2D eigenvalue weighted by Gasteiger charge is -1.34. The van der Waals surface area contributed by atoms with Gasteiger partial charge < -0.3 is 0 Å². The van der Waals surface area contributed by atoms with Gasteiger partial charge in [-0.25, -0.2) is 0 Å². The second kappa shape index (κ2) is 9.00. The summed E-state index contributed by atoms with van der Waals surface area (Å²) in [6.45, 7) is 0. The van der Waals surface area contributed by atoms with Crippen molar-refractivity contribution in [1.82, 2.24) is 0 Å². The summed E-state index contributed by atoms with van der Waals surface area (Å²) in [5.41, 5.74) is 0. The smallest absolute Gasteiger partial charge is 0.134 e. The molecule has 3 nitrogen and oxygen atoms in total. The molecule has 2 N–H and O–H groups in total. The van der Waals surface area contributed by atoms with Gasteiger partial charge in [0.2, 0.25) is 0 Å². The van der Waals surface area contributed by atoms with Gasteiger partial charge in [0.1, 0.15) is 0 Å². The fraction of sp³-hybridized carbons (Fsp3) is 1.00. The van der Waals surface area contributed by atoms with Crippen LogP contribution in [0.2, 0.25) is 0 Å². The molecule has 5 heteroatoms. The largest absolute Gasteiger partial charge is 0.692 e. The van der Waals surface area contributed by atoms with E-state index in [2.05, 4.69) is 11.6 Å². The van der Waals surface area contributed by atoms with E-state index in [9.17, 15) is 0 Å². The summed E-state index contributed by atoms with van der Waals surface area (Å²) < 4.78 is 8.70. The minimum Gasteiger partial charge on any atom is -0.134 e. The van der Waals surface area contributed by atoms with E-state index in [4.69, 9.17) is 14.4 Å². The molecule has 0 amide bonds. The Morgan fingerprint density at radius 2 is 1.50 bits per heavy atom. The maximum absolute atomic E-state index is 8.70. The molecule has 0 fully saturated rings. The molecule has 0 aliphatic rings. The summed E-state index contributed by atoms with van der Waals surface area (Å²) in [5.74, 6) is 0. The SMILES string of the molecule is CCl.O=[P+](O)O. The molecule has 0 bridgehead atoms. The van der Waals surface area contributed by atoms with Gasteiger partial charge in [-0.1, -0.05) is 0 Å². The Bertz CT molecular complexity index is 33.8. The predicted molar refractivity (Wildman–Crippen MR) is 23.8 cm³/mol. The van der Waals surface area contributed by atoms with Gasteiger partial charge in [0.05, 0.1) is 0 Å². The van der Waals surface area contributed by atoms with Crippen molar-refractivity contribution < 1.29 is 14.4 Å². The Hall–Kier alpha value is 0.310. The average Bonchev–Trinajstić information content (AvgIpc) is 1.41. The van der Waals surface area contributed by atoms with Crippen LogP contribution in [0.4, 0.5) is 0 Å². The van der Waals surface area contributed by atoms with Crippen LogP contribution in [0.1, 0.15) is 0 Å². The van der Waals surface area contributed by atoms with Gasteiger partial charge in [0, 0.05) is 10.9 Å². The highest BCUT2D eigenvalue weighted by molar-refractivity contribution is 7.30. The van der Waals surface area contributed by atoms with E-state index in [0.29, 0.717) is 0 Å². The van der Waals surface area contributed by atoms with Gasteiger partial charge >= 0.3 is 8.25 Å². The fourth-order valence-corrected chi connectivity index (χ4v) is 0. The maximum atomic E-state index is 8.70. The number of hydrogen-bond donors (Lipinski definition) is 2. The molecule has 0 aromatic carbocycles. The van der Waals surface area contributed by atoms with E-state index in [1.807, 2.05) is 0 Å². The van der Waals surface area contributed by atoms with Crippen molar-refractivity contribution in [1.29, 1.82) is 0 Å². The molecule has 0 rings (SSSR count). The van der Waals surface area contributed by atoms with Crippen molar-refractivity contribution in [3.05, 3.63) is 0 Å². The molecule has 0 spiro atoms. The summed E-state index contributed by atoms with van der Waals surface area (Å²) in [6.07, 6.45) is 1.47. The van der Waals surface area contributed by atoms with E-state index < -0.39 is 8.25 Å². The summed E-state index contributed by atoms with van der Waals surface area (Å²) in [5, 5.41) is 0. The second-order valence-electron chi connectivity index (χ2n) is 0.253. The van der Waals surface area contributed by atoms with Crippen LogP contribution in [0.25, 0.3) is 0 Å². The Morgan fingerprint density at radius 1 is 1.50 bits per heavy atom. The molecule has 0 unspecified atom stereocenters. The van der Waals surface area contributed by atoms with Gasteiger partial charge in [-0.15, -0.1) is 21.4 Å². The highest BCUT2D eigenvalue weighted by Gasteiger charge is 1.93. The zero-order valence-corrected chi connectivity index (χ0v) is 4.78. The van der Waals surface area contributed by atoms with Gasteiger partial charge in [-0.05, 0) is 0 Å².